The molecule has 2 aromatic rings. The molecule has 2 atom stereocenters. The molecule has 0 unspecified atom stereocenters. The summed E-state index contributed by atoms with van der Waals surface area (Å²) in [5, 5.41) is 2.49. The number of amides is 2. The number of hydrogen-bond donors (Lipinski definition) is 1. The van der Waals surface area contributed by atoms with Crippen molar-refractivity contribution in [3.63, 3.8) is 0 Å². The van der Waals surface area contributed by atoms with E-state index in [2.05, 4.69) is 26.8 Å². The number of rotatable bonds is 5. The lowest BCUT2D eigenvalue weighted by Gasteiger charge is -2.46. The Labute approximate surface area is 193 Å². The Balaban J connectivity index is 2.06. The number of piperazine rings is 1. The van der Waals surface area contributed by atoms with Crippen molar-refractivity contribution in [1.29, 1.82) is 0 Å². The molecule has 0 saturated carbocycles. The molecule has 1 fully saturated rings. The van der Waals surface area contributed by atoms with Crippen molar-refractivity contribution in [2.24, 2.45) is 0 Å². The molecule has 176 valence electrons. The number of nitrogens with zero attached hydrogens (tertiary/aromatic N) is 5. The molecule has 1 N–H and O–H groups in total. The lowest BCUT2D eigenvalue weighted by Crippen LogP contribution is -2.56. The molecule has 3 rings (SSSR count). The van der Waals surface area contributed by atoms with E-state index in [1.165, 1.54) is 35.3 Å². The zero-order valence-corrected chi connectivity index (χ0v) is 18.7. The van der Waals surface area contributed by atoms with Crippen molar-refractivity contribution in [2.45, 2.75) is 25.2 Å². The molecule has 0 aliphatic carbocycles. The highest BCUT2D eigenvalue weighted by molar-refractivity contribution is 6.29. The molecule has 12 heteroatoms. The van der Waals surface area contributed by atoms with E-state index < -0.39 is 30.7 Å². The van der Waals surface area contributed by atoms with Gasteiger partial charge in [-0.3, -0.25) is 14.5 Å². The van der Waals surface area contributed by atoms with E-state index in [1.807, 2.05) is 0 Å². The van der Waals surface area contributed by atoms with Gasteiger partial charge in [-0.25, -0.2) is 15.0 Å². The first-order valence-corrected chi connectivity index (χ1v) is 10.4. The van der Waals surface area contributed by atoms with Crippen LogP contribution in [0.2, 0.25) is 5.15 Å². The Bertz CT molecular complexity index is 1060. The molecule has 2 aromatic heterocycles. The number of pyridine rings is 1. The Morgan fingerprint density at radius 3 is 2.61 bits per heavy atom. The highest BCUT2D eigenvalue weighted by atomic mass is 35.5. The monoisotopic (exact) mass is 482 g/mol. The van der Waals surface area contributed by atoms with Gasteiger partial charge in [-0.15, -0.1) is 0 Å². The van der Waals surface area contributed by atoms with E-state index in [4.69, 9.17) is 11.6 Å². The lowest BCUT2D eigenvalue weighted by atomic mass is 9.98. The summed E-state index contributed by atoms with van der Waals surface area (Å²) in [6, 6.07) is 3.05. The number of nitrogens with one attached hydrogen (secondary N) is 1. The number of aromatic nitrogens is 3. The minimum absolute atomic E-state index is 0.0122. The van der Waals surface area contributed by atoms with Gasteiger partial charge in [-0.1, -0.05) is 18.2 Å². The second-order valence-corrected chi connectivity index (χ2v) is 7.96. The molecule has 0 spiro atoms. The normalized spacial score (nSPS) is 19.3. The molecule has 1 aliphatic heterocycles. The van der Waals surface area contributed by atoms with Crippen LogP contribution in [0.1, 0.15) is 29.0 Å². The minimum Gasteiger partial charge on any atom is -0.354 e. The molecule has 3 heterocycles. The third-order valence-corrected chi connectivity index (χ3v) is 5.48. The standard InChI is InChI=1S/C21H22ClF3N6O2/c1-4-19(32)30-8-12(2)31(10-21(23,24)25)17(9-30)13-5-15(29-18(22)6-13)14-7-16(20(33)26-3)28-11-27-14/h4-7,11-12,17H,1,8-10H2,2-3H3,(H,26,33)/t12-,17-/m0/s1. The minimum atomic E-state index is -4.44. The largest absolute Gasteiger partial charge is 0.401 e. The summed E-state index contributed by atoms with van der Waals surface area (Å²) in [6.07, 6.45) is -2.12. The van der Waals surface area contributed by atoms with Crippen molar-refractivity contribution in [1.82, 2.24) is 30.1 Å². The van der Waals surface area contributed by atoms with Gasteiger partial charge < -0.3 is 10.2 Å². The van der Waals surface area contributed by atoms with Crippen LogP contribution in [0.4, 0.5) is 13.2 Å². The molecule has 0 aromatic carbocycles. The average Bonchev–Trinajstić information content (AvgIpc) is 2.78. The van der Waals surface area contributed by atoms with Crippen molar-refractivity contribution in [3.05, 3.63) is 53.6 Å². The van der Waals surface area contributed by atoms with Crippen LogP contribution in [-0.2, 0) is 4.79 Å². The SMILES string of the molecule is C=CC(=O)N1C[C@H](C)N(CC(F)(F)F)[C@H](c2cc(Cl)nc(-c3cc(C(=O)NC)ncn3)c2)C1. The van der Waals surface area contributed by atoms with Gasteiger partial charge in [0.15, 0.2) is 0 Å². The zero-order chi connectivity index (χ0) is 24.3. The average molecular weight is 483 g/mol. The van der Waals surface area contributed by atoms with E-state index in [0.29, 0.717) is 5.56 Å². The second-order valence-electron chi connectivity index (χ2n) is 7.58. The third-order valence-electron chi connectivity index (χ3n) is 5.28. The Morgan fingerprint density at radius 2 is 1.97 bits per heavy atom. The van der Waals surface area contributed by atoms with Crippen molar-refractivity contribution in [2.75, 3.05) is 26.7 Å². The first-order valence-electron chi connectivity index (χ1n) is 9.98. The highest BCUT2D eigenvalue weighted by Crippen LogP contribution is 2.34. The molecule has 0 bridgehead atoms. The Morgan fingerprint density at radius 1 is 1.24 bits per heavy atom. The van der Waals surface area contributed by atoms with Crippen LogP contribution in [0, 0.1) is 0 Å². The maximum Gasteiger partial charge on any atom is 0.401 e. The number of halogens is 4. The topological polar surface area (TPSA) is 91.3 Å². The molecule has 8 nitrogen and oxygen atoms in total. The van der Waals surface area contributed by atoms with Gasteiger partial charge in [-0.2, -0.15) is 13.2 Å². The molecular weight excluding hydrogens is 461 g/mol. The Hall–Kier alpha value is -3.05. The first-order chi connectivity index (χ1) is 15.5. The van der Waals surface area contributed by atoms with E-state index in [1.54, 1.807) is 13.0 Å². The summed E-state index contributed by atoms with van der Waals surface area (Å²) in [4.78, 5) is 39.1. The summed E-state index contributed by atoms with van der Waals surface area (Å²) < 4.78 is 40.1. The highest BCUT2D eigenvalue weighted by Gasteiger charge is 2.41. The molecule has 1 saturated heterocycles. The number of alkyl halides is 3. The summed E-state index contributed by atoms with van der Waals surface area (Å²) in [6.45, 7) is 4.09. The first kappa shape index (κ1) is 24.6. The van der Waals surface area contributed by atoms with Crippen LogP contribution in [0.5, 0.6) is 0 Å². The van der Waals surface area contributed by atoms with Crippen LogP contribution in [-0.4, -0.2) is 75.5 Å². The summed E-state index contributed by atoms with van der Waals surface area (Å²) in [5.41, 5.74) is 1.07. The van der Waals surface area contributed by atoms with Gasteiger partial charge >= 0.3 is 6.18 Å². The summed E-state index contributed by atoms with van der Waals surface area (Å²) in [5.74, 6) is -0.804. The van der Waals surface area contributed by atoms with Gasteiger partial charge in [0.1, 0.15) is 17.2 Å². The molecule has 33 heavy (non-hydrogen) atoms. The zero-order valence-electron chi connectivity index (χ0n) is 17.9. The van der Waals surface area contributed by atoms with Crippen LogP contribution >= 0.6 is 11.6 Å². The van der Waals surface area contributed by atoms with Gasteiger partial charge in [0, 0.05) is 26.2 Å². The Kier molecular flexibility index (Phi) is 7.33. The van der Waals surface area contributed by atoms with Gasteiger partial charge in [0.05, 0.1) is 24.0 Å². The van der Waals surface area contributed by atoms with Gasteiger partial charge in [-0.05, 0) is 36.8 Å². The van der Waals surface area contributed by atoms with E-state index in [9.17, 15) is 22.8 Å². The van der Waals surface area contributed by atoms with Crippen molar-refractivity contribution >= 4 is 23.4 Å². The number of hydrogen-bond acceptors (Lipinski definition) is 6. The van der Waals surface area contributed by atoms with Crippen LogP contribution in [0.15, 0.2) is 37.2 Å². The number of carbonyl (C=O) groups excluding carboxylic acids is 2. The predicted octanol–water partition coefficient (Wildman–Crippen LogP) is 2.87. The van der Waals surface area contributed by atoms with E-state index >= 15 is 0 Å². The molecule has 1 aliphatic rings. The maximum atomic E-state index is 13.4. The third kappa shape index (κ3) is 5.85. The molecular formula is C21H22ClF3N6O2. The molecule has 0 radical (unpaired) electrons. The van der Waals surface area contributed by atoms with Crippen molar-refractivity contribution < 1.29 is 22.8 Å². The van der Waals surface area contributed by atoms with E-state index in [-0.39, 0.29) is 41.2 Å². The van der Waals surface area contributed by atoms with Gasteiger partial charge in [0.2, 0.25) is 5.91 Å². The number of carbonyl (C=O) groups is 2. The fourth-order valence-corrected chi connectivity index (χ4v) is 4.01. The summed E-state index contributed by atoms with van der Waals surface area (Å²) >= 11 is 6.22. The maximum absolute atomic E-state index is 13.4. The quantitative estimate of drug-likeness (QED) is 0.520. The lowest BCUT2D eigenvalue weighted by molar-refractivity contribution is -0.165. The van der Waals surface area contributed by atoms with Gasteiger partial charge in [0.25, 0.3) is 5.91 Å². The smallest absolute Gasteiger partial charge is 0.354 e. The van der Waals surface area contributed by atoms with E-state index in [0.717, 1.165) is 6.08 Å². The van der Waals surface area contributed by atoms with Crippen molar-refractivity contribution in [3.8, 4) is 11.4 Å². The predicted molar refractivity (Wildman–Crippen MR) is 115 cm³/mol. The van der Waals surface area contributed by atoms with Crippen LogP contribution in [0.3, 0.4) is 0 Å². The van der Waals surface area contributed by atoms with Crippen LogP contribution in [0.25, 0.3) is 11.4 Å². The fourth-order valence-electron chi connectivity index (χ4n) is 3.79. The summed E-state index contributed by atoms with van der Waals surface area (Å²) in [7, 11) is 1.45. The van der Waals surface area contributed by atoms with Crippen LogP contribution < -0.4 is 5.32 Å². The fraction of sp³-hybridized carbons (Fsp3) is 0.381. The molecule has 2 amide bonds. The second kappa shape index (κ2) is 9.84.